The molecule has 5 nitrogen and oxygen atoms in total. The largest absolute Gasteiger partial charge is 0.486 e. The number of ether oxygens (including phenoxy) is 1. The summed E-state index contributed by atoms with van der Waals surface area (Å²) in [5.41, 5.74) is 3.12. The molecule has 2 aromatic carbocycles. The molecule has 1 aliphatic heterocycles. The molecule has 5 heteroatoms. The number of anilines is 1. The van der Waals surface area contributed by atoms with Crippen LogP contribution in [0.4, 0.5) is 5.69 Å². The molecule has 0 fully saturated rings. The first kappa shape index (κ1) is 23.1. The molecular weight excluding hydrogens is 412 g/mol. The van der Waals surface area contributed by atoms with E-state index in [-0.39, 0.29) is 11.2 Å². The molecule has 0 bridgehead atoms. The van der Waals surface area contributed by atoms with Gasteiger partial charge in [-0.3, -0.25) is 4.79 Å². The topological polar surface area (TPSA) is 55.6 Å². The molecule has 4 rings (SSSR count). The third-order valence-electron chi connectivity index (χ3n) is 6.11. The van der Waals surface area contributed by atoms with Crippen LogP contribution in [0.3, 0.4) is 0 Å². The zero-order valence-electron chi connectivity index (χ0n) is 20.0. The smallest absolute Gasteiger partial charge is 0.232 e. The molecular formula is C28H34N2O3. The van der Waals surface area contributed by atoms with Crippen molar-refractivity contribution in [3.63, 3.8) is 0 Å². The van der Waals surface area contributed by atoms with Crippen molar-refractivity contribution in [1.82, 2.24) is 4.98 Å². The van der Waals surface area contributed by atoms with Crippen LogP contribution in [0.1, 0.15) is 59.3 Å². The van der Waals surface area contributed by atoms with Gasteiger partial charge in [-0.05, 0) is 31.4 Å². The van der Waals surface area contributed by atoms with Gasteiger partial charge in [0.05, 0.1) is 6.61 Å². The van der Waals surface area contributed by atoms with Gasteiger partial charge in [0.2, 0.25) is 11.2 Å². The molecule has 2 aliphatic rings. The van der Waals surface area contributed by atoms with E-state index in [0.717, 1.165) is 68.2 Å². The summed E-state index contributed by atoms with van der Waals surface area (Å²) in [5.74, 6) is 0.707. The number of hydrogen-bond acceptors (Lipinski definition) is 5. The Balaban J connectivity index is 1.87. The lowest BCUT2D eigenvalue weighted by molar-refractivity contribution is 0.302. The molecule has 0 unspecified atom stereocenters. The lowest BCUT2D eigenvalue weighted by Gasteiger charge is -2.25. The predicted molar refractivity (Wildman–Crippen MR) is 137 cm³/mol. The summed E-state index contributed by atoms with van der Waals surface area (Å²) in [5, 5.41) is 1.41. The number of aromatic nitrogens is 1. The molecule has 0 N–H and O–H groups in total. The molecule has 0 spiro atoms. The minimum Gasteiger partial charge on any atom is -0.486 e. The Bertz CT molecular complexity index is 1240. The fourth-order valence-electron chi connectivity index (χ4n) is 4.17. The molecule has 0 atom stereocenters. The standard InChI is InChI=1S/C28H34N2O3/c1-4-7-16-30(17-8-5-2)20-14-15-23-24(19-20)33-27-25(29-23)21-12-10-11-13-22(21)26(31)28(27)32-18-9-6-3/h10-15,19H,4-9,16-18H2,1-3H3. The van der Waals surface area contributed by atoms with Crippen molar-refractivity contribution in [3.05, 3.63) is 52.7 Å². The first-order valence-electron chi connectivity index (χ1n) is 12.3. The van der Waals surface area contributed by atoms with Gasteiger partial charge in [0.1, 0.15) is 11.2 Å². The highest BCUT2D eigenvalue weighted by atomic mass is 16.5. The van der Waals surface area contributed by atoms with Crippen LogP contribution in [0.15, 0.2) is 51.7 Å². The maximum absolute atomic E-state index is 13.3. The quantitative estimate of drug-likeness (QED) is 0.141. The Morgan fingerprint density at radius 1 is 0.909 bits per heavy atom. The van der Waals surface area contributed by atoms with Gasteiger partial charge >= 0.3 is 0 Å². The van der Waals surface area contributed by atoms with Gasteiger partial charge in [-0.25, -0.2) is 4.98 Å². The van der Waals surface area contributed by atoms with Crippen molar-refractivity contribution in [3.8, 4) is 17.2 Å². The molecule has 2 aromatic rings. The molecule has 0 amide bonds. The zero-order valence-corrected chi connectivity index (χ0v) is 20.0. The van der Waals surface area contributed by atoms with E-state index in [0.29, 0.717) is 29.0 Å². The minimum absolute atomic E-state index is 0.136. The minimum atomic E-state index is -0.136. The molecule has 1 aliphatic carbocycles. The van der Waals surface area contributed by atoms with E-state index in [9.17, 15) is 4.79 Å². The second-order valence-corrected chi connectivity index (χ2v) is 8.64. The van der Waals surface area contributed by atoms with Crippen LogP contribution >= 0.6 is 0 Å². The van der Waals surface area contributed by atoms with Gasteiger partial charge in [-0.15, -0.1) is 0 Å². The first-order valence-corrected chi connectivity index (χ1v) is 12.3. The summed E-state index contributed by atoms with van der Waals surface area (Å²) in [4.78, 5) is 20.6. The number of nitrogens with zero attached hydrogens (tertiary/aromatic N) is 2. The molecule has 0 aromatic heterocycles. The van der Waals surface area contributed by atoms with E-state index >= 15 is 0 Å². The van der Waals surface area contributed by atoms with Gasteiger partial charge in [-0.2, -0.15) is 0 Å². The van der Waals surface area contributed by atoms with Gasteiger partial charge < -0.3 is 14.1 Å². The van der Waals surface area contributed by atoms with Gasteiger partial charge in [0, 0.05) is 35.6 Å². The second kappa shape index (κ2) is 10.7. The van der Waals surface area contributed by atoms with Crippen molar-refractivity contribution in [2.45, 2.75) is 59.3 Å². The van der Waals surface area contributed by atoms with Crippen LogP contribution < -0.4 is 15.1 Å². The second-order valence-electron chi connectivity index (χ2n) is 8.64. The van der Waals surface area contributed by atoms with Crippen molar-refractivity contribution >= 4 is 27.6 Å². The zero-order chi connectivity index (χ0) is 23.2. The molecule has 0 radical (unpaired) electrons. The maximum Gasteiger partial charge on any atom is 0.232 e. The lowest BCUT2D eigenvalue weighted by atomic mass is 10.0. The number of hydrogen-bond donors (Lipinski definition) is 0. The summed E-state index contributed by atoms with van der Waals surface area (Å²) < 4.78 is 12.4. The number of unbranched alkanes of at least 4 members (excludes halogenated alkanes) is 3. The Labute approximate surface area is 195 Å². The Kier molecular flexibility index (Phi) is 7.48. The van der Waals surface area contributed by atoms with Crippen LogP contribution in [0.2, 0.25) is 0 Å². The third-order valence-corrected chi connectivity index (χ3v) is 6.11. The van der Waals surface area contributed by atoms with E-state index in [2.05, 4.69) is 37.8 Å². The number of rotatable bonds is 11. The van der Waals surface area contributed by atoms with Gasteiger partial charge in [0.25, 0.3) is 0 Å². The summed E-state index contributed by atoms with van der Waals surface area (Å²) in [6, 6.07) is 13.8. The van der Waals surface area contributed by atoms with Gasteiger partial charge in [-0.1, -0.05) is 64.3 Å². The lowest BCUT2D eigenvalue weighted by Crippen LogP contribution is -2.25. The van der Waals surface area contributed by atoms with Crippen LogP contribution in [0, 0.1) is 0 Å². The highest BCUT2D eigenvalue weighted by molar-refractivity contribution is 5.99. The van der Waals surface area contributed by atoms with E-state index in [4.69, 9.17) is 14.1 Å². The average molecular weight is 447 g/mol. The Hall–Kier alpha value is -3.08. The van der Waals surface area contributed by atoms with Crippen molar-refractivity contribution in [1.29, 1.82) is 0 Å². The number of benzene rings is 3. The molecule has 1 heterocycles. The Morgan fingerprint density at radius 3 is 2.30 bits per heavy atom. The number of fused-ring (bicyclic) bond motifs is 4. The van der Waals surface area contributed by atoms with Crippen LogP contribution in [0.5, 0.6) is 5.75 Å². The first-order chi connectivity index (χ1) is 16.2. The normalized spacial score (nSPS) is 11.5. The average Bonchev–Trinajstić information content (AvgIpc) is 2.85. The SMILES string of the molecule is CCCCOc1c2oc3cc(N(CCCC)CCCC)ccc3nc-2c2ccccc2c1=O. The predicted octanol–water partition coefficient (Wildman–Crippen LogP) is 7.03. The summed E-state index contributed by atoms with van der Waals surface area (Å²) >= 11 is 0. The van der Waals surface area contributed by atoms with Crippen molar-refractivity contribution < 1.29 is 9.15 Å². The summed E-state index contributed by atoms with van der Waals surface area (Å²) in [6.07, 6.45) is 6.48. The van der Waals surface area contributed by atoms with E-state index in [1.807, 2.05) is 30.3 Å². The molecule has 0 saturated heterocycles. The molecule has 33 heavy (non-hydrogen) atoms. The molecule has 174 valence electrons. The summed E-state index contributed by atoms with van der Waals surface area (Å²) in [7, 11) is 0. The van der Waals surface area contributed by atoms with Crippen LogP contribution in [-0.4, -0.2) is 24.7 Å². The highest BCUT2D eigenvalue weighted by Crippen LogP contribution is 2.37. The fourth-order valence-corrected chi connectivity index (χ4v) is 4.17. The van der Waals surface area contributed by atoms with Crippen LogP contribution in [0.25, 0.3) is 33.3 Å². The van der Waals surface area contributed by atoms with Crippen molar-refractivity contribution in [2.75, 3.05) is 24.6 Å². The Morgan fingerprint density at radius 2 is 1.61 bits per heavy atom. The summed E-state index contributed by atoms with van der Waals surface area (Å²) in [6.45, 7) is 9.05. The highest BCUT2D eigenvalue weighted by Gasteiger charge is 2.23. The van der Waals surface area contributed by atoms with E-state index < -0.39 is 0 Å². The van der Waals surface area contributed by atoms with E-state index in [1.165, 1.54) is 0 Å². The molecule has 0 saturated carbocycles. The van der Waals surface area contributed by atoms with Crippen molar-refractivity contribution in [2.24, 2.45) is 0 Å². The maximum atomic E-state index is 13.3. The monoisotopic (exact) mass is 446 g/mol. The van der Waals surface area contributed by atoms with E-state index in [1.54, 1.807) is 0 Å². The fraction of sp³-hybridized carbons (Fsp3) is 0.429. The van der Waals surface area contributed by atoms with Gasteiger partial charge in [0.15, 0.2) is 11.3 Å². The third kappa shape index (κ3) is 4.82. The van der Waals surface area contributed by atoms with Crippen LogP contribution in [-0.2, 0) is 0 Å².